The minimum Gasteiger partial charge on any atom is -0.208 e. The third-order valence-corrected chi connectivity index (χ3v) is 4.01. The topological polar surface area (TPSA) is 38.7 Å². The first-order valence-corrected chi connectivity index (χ1v) is 8.23. The Bertz CT molecular complexity index is 1090. The number of hydrogen-bond acceptors (Lipinski definition) is 3. The maximum atomic E-state index is 14.3. The van der Waals surface area contributed by atoms with Crippen LogP contribution in [-0.4, -0.2) is 15.0 Å². The number of benzene rings is 3. The van der Waals surface area contributed by atoms with Gasteiger partial charge in [0, 0.05) is 17.7 Å². The molecular weight excluding hydrogens is 370 g/mol. The lowest BCUT2D eigenvalue weighted by atomic mass is 10.1. The lowest BCUT2D eigenvalue weighted by molar-refractivity contribution is 0.584. The van der Waals surface area contributed by atoms with Crippen molar-refractivity contribution in [3.63, 3.8) is 0 Å². The quantitative estimate of drug-likeness (QED) is 0.444. The van der Waals surface area contributed by atoms with E-state index < -0.39 is 23.3 Å². The van der Waals surface area contributed by atoms with Crippen LogP contribution in [0.3, 0.4) is 0 Å². The number of aromatic nitrogens is 3. The van der Waals surface area contributed by atoms with Crippen LogP contribution in [0.1, 0.15) is 0 Å². The summed E-state index contributed by atoms with van der Waals surface area (Å²) in [7, 11) is 0. The Morgan fingerprint density at radius 3 is 1.43 bits per heavy atom. The van der Waals surface area contributed by atoms with Crippen molar-refractivity contribution in [2.75, 3.05) is 0 Å². The maximum absolute atomic E-state index is 14.3. The van der Waals surface area contributed by atoms with Crippen molar-refractivity contribution < 1.29 is 17.6 Å². The van der Waals surface area contributed by atoms with Crippen LogP contribution in [0.2, 0.25) is 0 Å². The predicted molar refractivity (Wildman–Crippen MR) is 96.0 cm³/mol. The monoisotopic (exact) mass is 381 g/mol. The highest BCUT2D eigenvalue weighted by Gasteiger charge is 2.17. The van der Waals surface area contributed by atoms with Crippen molar-refractivity contribution in [2.45, 2.75) is 0 Å². The molecule has 0 amide bonds. The van der Waals surface area contributed by atoms with Crippen molar-refractivity contribution in [2.24, 2.45) is 0 Å². The van der Waals surface area contributed by atoms with Crippen molar-refractivity contribution >= 4 is 0 Å². The van der Waals surface area contributed by atoms with Gasteiger partial charge < -0.3 is 0 Å². The van der Waals surface area contributed by atoms with Crippen LogP contribution >= 0.6 is 0 Å². The molecule has 4 rings (SSSR count). The summed E-state index contributed by atoms with van der Waals surface area (Å²) in [5, 5.41) is 0. The lowest BCUT2D eigenvalue weighted by Crippen LogP contribution is -2.02. The first-order valence-electron chi connectivity index (χ1n) is 8.23. The maximum Gasteiger partial charge on any atom is 0.167 e. The fraction of sp³-hybridized carbons (Fsp3) is 0. The average Bonchev–Trinajstić information content (AvgIpc) is 2.68. The highest BCUT2D eigenvalue weighted by Crippen LogP contribution is 2.27. The molecule has 3 nitrogen and oxygen atoms in total. The molecule has 0 aliphatic rings. The smallest absolute Gasteiger partial charge is 0.167 e. The molecule has 0 aliphatic heterocycles. The average molecular weight is 381 g/mol. The molecule has 28 heavy (non-hydrogen) atoms. The van der Waals surface area contributed by atoms with E-state index in [1.807, 2.05) is 0 Å². The largest absolute Gasteiger partial charge is 0.208 e. The van der Waals surface area contributed by atoms with Crippen LogP contribution in [0.4, 0.5) is 17.6 Å². The number of hydrogen-bond donors (Lipinski definition) is 0. The van der Waals surface area contributed by atoms with E-state index in [1.165, 1.54) is 12.1 Å². The minimum atomic E-state index is -0.865. The second kappa shape index (κ2) is 7.19. The molecular formula is C21H11F4N3. The van der Waals surface area contributed by atoms with Gasteiger partial charge in [-0.1, -0.05) is 30.3 Å². The zero-order chi connectivity index (χ0) is 19.7. The molecule has 0 saturated heterocycles. The van der Waals surface area contributed by atoms with Gasteiger partial charge in [-0.25, -0.2) is 32.5 Å². The molecule has 0 bridgehead atoms. The Morgan fingerprint density at radius 1 is 0.500 bits per heavy atom. The number of halogens is 4. The predicted octanol–water partition coefficient (Wildman–Crippen LogP) is 5.43. The molecule has 0 radical (unpaired) electrons. The van der Waals surface area contributed by atoms with Gasteiger partial charge >= 0.3 is 0 Å². The Labute approximate surface area is 157 Å². The number of rotatable bonds is 3. The molecule has 138 valence electrons. The fourth-order valence-corrected chi connectivity index (χ4v) is 2.67. The van der Waals surface area contributed by atoms with Crippen molar-refractivity contribution in [3.8, 4) is 34.2 Å². The Kier molecular flexibility index (Phi) is 4.57. The van der Waals surface area contributed by atoms with Crippen molar-refractivity contribution in [3.05, 3.63) is 90.0 Å². The minimum absolute atomic E-state index is 0.0650. The highest BCUT2D eigenvalue weighted by atomic mass is 19.1. The van der Waals surface area contributed by atoms with E-state index in [-0.39, 0.29) is 28.6 Å². The van der Waals surface area contributed by atoms with Gasteiger partial charge in [-0.15, -0.1) is 0 Å². The Balaban J connectivity index is 1.96. The van der Waals surface area contributed by atoms with Crippen LogP contribution in [0, 0.1) is 23.3 Å². The van der Waals surface area contributed by atoms with Gasteiger partial charge in [0.25, 0.3) is 0 Å². The van der Waals surface area contributed by atoms with Crippen LogP contribution in [0.5, 0.6) is 0 Å². The fourth-order valence-electron chi connectivity index (χ4n) is 2.67. The van der Waals surface area contributed by atoms with Gasteiger partial charge in [0.1, 0.15) is 23.3 Å². The zero-order valence-corrected chi connectivity index (χ0v) is 14.2. The summed E-state index contributed by atoms with van der Waals surface area (Å²) in [6.45, 7) is 0. The number of nitrogens with zero attached hydrogens (tertiary/aromatic N) is 3. The van der Waals surface area contributed by atoms with Crippen LogP contribution in [0.15, 0.2) is 66.7 Å². The molecule has 0 unspecified atom stereocenters. The first kappa shape index (κ1) is 17.8. The molecule has 0 atom stereocenters. The van der Waals surface area contributed by atoms with E-state index in [1.54, 1.807) is 30.3 Å². The van der Waals surface area contributed by atoms with Gasteiger partial charge in [0.15, 0.2) is 17.5 Å². The van der Waals surface area contributed by atoms with E-state index in [0.29, 0.717) is 17.7 Å². The van der Waals surface area contributed by atoms with Crippen LogP contribution in [0.25, 0.3) is 34.2 Å². The first-order chi connectivity index (χ1) is 13.5. The molecule has 3 aromatic carbocycles. The summed E-state index contributed by atoms with van der Waals surface area (Å²) in [5.41, 5.74) is 0.465. The van der Waals surface area contributed by atoms with E-state index in [2.05, 4.69) is 15.0 Å². The molecule has 0 N–H and O–H groups in total. The van der Waals surface area contributed by atoms with Gasteiger partial charge in [-0.2, -0.15) is 0 Å². The molecule has 7 heteroatoms. The summed E-state index contributed by atoms with van der Waals surface area (Å²) in [6, 6.07) is 14.7. The summed E-state index contributed by atoms with van der Waals surface area (Å²) < 4.78 is 55.1. The summed E-state index contributed by atoms with van der Waals surface area (Å²) >= 11 is 0. The molecule has 0 saturated carbocycles. The lowest BCUT2D eigenvalue weighted by Gasteiger charge is -2.09. The van der Waals surface area contributed by atoms with Crippen LogP contribution in [-0.2, 0) is 0 Å². The van der Waals surface area contributed by atoms with Gasteiger partial charge in [0.2, 0.25) is 0 Å². The van der Waals surface area contributed by atoms with E-state index in [4.69, 9.17) is 0 Å². The third kappa shape index (κ3) is 3.46. The summed E-state index contributed by atoms with van der Waals surface area (Å²) in [6.07, 6.45) is 0. The molecule has 0 spiro atoms. The normalized spacial score (nSPS) is 10.9. The van der Waals surface area contributed by atoms with Crippen molar-refractivity contribution in [1.82, 2.24) is 15.0 Å². The second-order valence-corrected chi connectivity index (χ2v) is 5.92. The molecule has 0 fully saturated rings. The van der Waals surface area contributed by atoms with E-state index >= 15 is 0 Å². The van der Waals surface area contributed by atoms with Gasteiger partial charge in [-0.05, 0) is 24.3 Å². The Morgan fingerprint density at radius 2 is 0.964 bits per heavy atom. The van der Waals surface area contributed by atoms with Crippen LogP contribution < -0.4 is 0 Å². The Hall–Kier alpha value is -3.61. The van der Waals surface area contributed by atoms with E-state index in [0.717, 1.165) is 12.1 Å². The van der Waals surface area contributed by atoms with Crippen molar-refractivity contribution in [1.29, 1.82) is 0 Å². The third-order valence-electron chi connectivity index (χ3n) is 4.01. The molecule has 1 aromatic heterocycles. The SMILES string of the molecule is Fc1ccc(-c2nc(-c3ccccc3)nc(-c3ccc(F)cc3F)n2)c(F)c1. The molecule has 1 heterocycles. The van der Waals surface area contributed by atoms with Gasteiger partial charge in [0.05, 0.1) is 11.1 Å². The zero-order valence-electron chi connectivity index (χ0n) is 14.2. The second-order valence-electron chi connectivity index (χ2n) is 5.92. The standard InChI is InChI=1S/C21H11F4N3/c22-13-6-8-15(17(24)10-13)20-26-19(12-4-2-1-3-5-12)27-21(28-20)16-9-7-14(23)11-18(16)25/h1-11H. The summed E-state index contributed by atoms with van der Waals surface area (Å²) in [4.78, 5) is 12.6. The van der Waals surface area contributed by atoms with E-state index in [9.17, 15) is 17.6 Å². The molecule has 4 aromatic rings. The van der Waals surface area contributed by atoms with Gasteiger partial charge in [-0.3, -0.25) is 0 Å². The molecule has 0 aliphatic carbocycles. The highest BCUT2D eigenvalue weighted by molar-refractivity contribution is 5.66. The summed E-state index contributed by atoms with van der Waals surface area (Å²) in [5.74, 6) is -3.23.